The molecule has 0 aliphatic carbocycles. The Bertz CT molecular complexity index is 892. The van der Waals surface area contributed by atoms with Gasteiger partial charge in [-0.2, -0.15) is 4.98 Å². The third kappa shape index (κ3) is 4.65. The quantitative estimate of drug-likeness (QED) is 0.635. The van der Waals surface area contributed by atoms with E-state index in [-0.39, 0.29) is 18.4 Å². The molecule has 0 saturated heterocycles. The van der Waals surface area contributed by atoms with Crippen molar-refractivity contribution in [3.05, 3.63) is 47.2 Å². The van der Waals surface area contributed by atoms with Crippen molar-refractivity contribution in [2.45, 2.75) is 25.8 Å². The van der Waals surface area contributed by atoms with Crippen LogP contribution in [0.5, 0.6) is 11.5 Å². The molecular weight excluding hydrogens is 366 g/mol. The number of rotatable bonds is 8. The van der Waals surface area contributed by atoms with Crippen LogP contribution in [0.4, 0.5) is 0 Å². The van der Waals surface area contributed by atoms with Gasteiger partial charge in [-0.1, -0.05) is 17.3 Å². The normalized spacial score (nSPS) is 11.8. The third-order valence-electron chi connectivity index (χ3n) is 4.06. The Hall–Kier alpha value is -2.87. The minimum atomic E-state index is -0.165. The van der Waals surface area contributed by atoms with Crippen LogP contribution in [-0.2, 0) is 11.2 Å². The number of carbonyl (C=O) groups is 1. The molecule has 142 valence electrons. The number of hydrogen-bond donors (Lipinski definition) is 1. The number of aromatic nitrogens is 2. The van der Waals surface area contributed by atoms with Crippen LogP contribution in [0.3, 0.4) is 0 Å². The lowest BCUT2D eigenvalue weighted by molar-refractivity contribution is -0.121. The van der Waals surface area contributed by atoms with Crippen molar-refractivity contribution < 1.29 is 18.8 Å². The lowest BCUT2D eigenvalue weighted by Crippen LogP contribution is -2.26. The van der Waals surface area contributed by atoms with Crippen LogP contribution < -0.4 is 14.8 Å². The molecule has 0 bridgehead atoms. The van der Waals surface area contributed by atoms with Crippen molar-refractivity contribution in [1.29, 1.82) is 0 Å². The molecule has 1 atom stereocenters. The van der Waals surface area contributed by atoms with Gasteiger partial charge in [0.15, 0.2) is 11.5 Å². The van der Waals surface area contributed by atoms with E-state index >= 15 is 0 Å². The monoisotopic (exact) mass is 387 g/mol. The van der Waals surface area contributed by atoms with Gasteiger partial charge in [-0.05, 0) is 36.1 Å². The zero-order valence-corrected chi connectivity index (χ0v) is 16.2. The summed E-state index contributed by atoms with van der Waals surface area (Å²) in [7, 11) is 3.17. The SMILES string of the molecule is COc1ccc(C(C)NC(=O)CCc2nc(-c3cccs3)no2)cc1OC. The van der Waals surface area contributed by atoms with E-state index < -0.39 is 0 Å². The van der Waals surface area contributed by atoms with Crippen molar-refractivity contribution in [2.24, 2.45) is 0 Å². The van der Waals surface area contributed by atoms with E-state index in [1.165, 1.54) is 0 Å². The van der Waals surface area contributed by atoms with E-state index in [0.717, 1.165) is 10.4 Å². The molecule has 0 saturated carbocycles. The highest BCUT2D eigenvalue weighted by Gasteiger charge is 2.15. The van der Waals surface area contributed by atoms with Gasteiger partial charge in [0.1, 0.15) is 0 Å². The second-order valence-electron chi connectivity index (χ2n) is 5.89. The first-order valence-electron chi connectivity index (χ1n) is 8.48. The third-order valence-corrected chi connectivity index (χ3v) is 4.93. The average Bonchev–Trinajstić information content (AvgIpc) is 3.37. The Balaban J connectivity index is 1.54. The summed E-state index contributed by atoms with van der Waals surface area (Å²) in [6, 6.07) is 9.27. The molecule has 2 aromatic heterocycles. The maximum atomic E-state index is 12.3. The number of amides is 1. The van der Waals surface area contributed by atoms with Crippen LogP contribution in [0.1, 0.15) is 30.8 Å². The standard InChI is InChI=1S/C19H21N3O4S/c1-12(13-6-7-14(24-2)15(11-13)25-3)20-17(23)8-9-18-21-19(22-26-18)16-5-4-10-27-16/h4-7,10-12H,8-9H2,1-3H3,(H,20,23). The Morgan fingerprint density at radius 1 is 1.26 bits per heavy atom. The highest BCUT2D eigenvalue weighted by atomic mass is 32.1. The Kier molecular flexibility index (Phi) is 6.08. The summed E-state index contributed by atoms with van der Waals surface area (Å²) >= 11 is 1.54. The molecule has 7 nitrogen and oxygen atoms in total. The average molecular weight is 387 g/mol. The molecule has 0 radical (unpaired) electrons. The van der Waals surface area contributed by atoms with Crippen LogP contribution in [0.25, 0.3) is 10.7 Å². The Labute approximate surface area is 161 Å². The van der Waals surface area contributed by atoms with E-state index in [9.17, 15) is 4.79 Å². The number of ether oxygens (including phenoxy) is 2. The highest BCUT2D eigenvalue weighted by Crippen LogP contribution is 2.30. The summed E-state index contributed by atoms with van der Waals surface area (Å²) < 4.78 is 15.8. The summed E-state index contributed by atoms with van der Waals surface area (Å²) in [4.78, 5) is 17.5. The largest absolute Gasteiger partial charge is 0.493 e. The molecule has 2 heterocycles. The fraction of sp³-hybridized carbons (Fsp3) is 0.316. The van der Waals surface area contributed by atoms with Crippen LogP contribution in [0, 0.1) is 0 Å². The number of benzene rings is 1. The van der Waals surface area contributed by atoms with Crippen LogP contribution in [0.2, 0.25) is 0 Å². The molecule has 0 aliphatic rings. The Morgan fingerprint density at radius 3 is 2.78 bits per heavy atom. The highest BCUT2D eigenvalue weighted by molar-refractivity contribution is 7.13. The second-order valence-corrected chi connectivity index (χ2v) is 6.84. The summed E-state index contributed by atoms with van der Waals surface area (Å²) in [5, 5.41) is 8.87. The number of aryl methyl sites for hydroxylation is 1. The fourth-order valence-corrected chi connectivity index (χ4v) is 3.25. The maximum absolute atomic E-state index is 12.3. The number of nitrogens with zero attached hydrogens (tertiary/aromatic N) is 2. The first-order chi connectivity index (χ1) is 13.1. The van der Waals surface area contributed by atoms with Crippen molar-refractivity contribution in [3.8, 4) is 22.2 Å². The van der Waals surface area contributed by atoms with Gasteiger partial charge in [-0.3, -0.25) is 4.79 Å². The molecule has 3 aromatic rings. The van der Waals surface area contributed by atoms with E-state index in [4.69, 9.17) is 14.0 Å². The number of methoxy groups -OCH3 is 2. The Morgan fingerprint density at radius 2 is 2.07 bits per heavy atom. The van der Waals surface area contributed by atoms with Gasteiger partial charge in [0.05, 0.1) is 25.1 Å². The summed E-state index contributed by atoms with van der Waals surface area (Å²) in [6.45, 7) is 1.92. The van der Waals surface area contributed by atoms with Gasteiger partial charge in [0, 0.05) is 12.8 Å². The van der Waals surface area contributed by atoms with Crippen LogP contribution in [-0.4, -0.2) is 30.3 Å². The van der Waals surface area contributed by atoms with E-state index in [2.05, 4.69) is 15.5 Å². The minimum Gasteiger partial charge on any atom is -0.493 e. The molecule has 1 aromatic carbocycles. The first kappa shape index (κ1) is 18.9. The summed E-state index contributed by atoms with van der Waals surface area (Å²) in [5.41, 5.74) is 0.929. The fourth-order valence-electron chi connectivity index (χ4n) is 2.60. The van der Waals surface area contributed by atoms with Crippen molar-refractivity contribution in [1.82, 2.24) is 15.5 Å². The van der Waals surface area contributed by atoms with Gasteiger partial charge in [0.25, 0.3) is 0 Å². The molecule has 0 fully saturated rings. The van der Waals surface area contributed by atoms with Gasteiger partial charge in [-0.15, -0.1) is 11.3 Å². The molecule has 1 amide bonds. The second kappa shape index (κ2) is 8.68. The lowest BCUT2D eigenvalue weighted by atomic mass is 10.1. The molecule has 0 spiro atoms. The number of carbonyl (C=O) groups excluding carboxylic acids is 1. The van der Waals surface area contributed by atoms with Crippen LogP contribution >= 0.6 is 11.3 Å². The predicted molar refractivity (Wildman–Crippen MR) is 102 cm³/mol. The number of thiophene rings is 1. The van der Waals surface area contributed by atoms with Crippen molar-refractivity contribution in [3.63, 3.8) is 0 Å². The van der Waals surface area contributed by atoms with E-state index in [0.29, 0.717) is 29.6 Å². The summed E-state index contributed by atoms with van der Waals surface area (Å²) in [6.07, 6.45) is 0.659. The molecular formula is C19H21N3O4S. The van der Waals surface area contributed by atoms with E-state index in [1.807, 2.05) is 42.6 Å². The number of nitrogens with one attached hydrogen (secondary N) is 1. The van der Waals surface area contributed by atoms with Gasteiger partial charge >= 0.3 is 0 Å². The molecule has 1 N–H and O–H groups in total. The maximum Gasteiger partial charge on any atom is 0.227 e. The first-order valence-corrected chi connectivity index (χ1v) is 9.36. The predicted octanol–water partition coefficient (Wildman–Crippen LogP) is 3.63. The van der Waals surface area contributed by atoms with E-state index in [1.54, 1.807) is 25.6 Å². The number of hydrogen-bond acceptors (Lipinski definition) is 7. The molecule has 8 heteroatoms. The van der Waals surface area contributed by atoms with Crippen molar-refractivity contribution >= 4 is 17.2 Å². The molecule has 1 unspecified atom stereocenters. The van der Waals surface area contributed by atoms with Crippen molar-refractivity contribution in [2.75, 3.05) is 14.2 Å². The van der Waals surface area contributed by atoms with Gasteiger partial charge < -0.3 is 19.3 Å². The van der Waals surface area contributed by atoms with Gasteiger partial charge in [0.2, 0.25) is 17.6 Å². The topological polar surface area (TPSA) is 86.5 Å². The smallest absolute Gasteiger partial charge is 0.227 e. The lowest BCUT2D eigenvalue weighted by Gasteiger charge is -2.16. The molecule has 27 heavy (non-hydrogen) atoms. The summed E-state index contributed by atoms with van der Waals surface area (Å²) in [5.74, 6) is 2.19. The van der Waals surface area contributed by atoms with Crippen LogP contribution in [0.15, 0.2) is 40.2 Å². The molecule has 3 rings (SSSR count). The zero-order chi connectivity index (χ0) is 19.2. The zero-order valence-electron chi connectivity index (χ0n) is 15.4. The minimum absolute atomic E-state index is 0.0897. The molecule has 0 aliphatic heterocycles. The van der Waals surface area contributed by atoms with Gasteiger partial charge in [-0.25, -0.2) is 0 Å².